The number of hydrogen-bond acceptors (Lipinski definition) is 3. The Kier molecular flexibility index (Phi) is 1.65. The van der Waals surface area contributed by atoms with Crippen molar-refractivity contribution in [2.24, 2.45) is 11.8 Å². The van der Waals surface area contributed by atoms with E-state index in [1.54, 1.807) is 7.11 Å². The first-order chi connectivity index (χ1) is 5.74. The Labute approximate surface area is 70.4 Å². The van der Waals surface area contributed by atoms with Crippen LogP contribution in [-0.2, 0) is 4.74 Å². The van der Waals surface area contributed by atoms with Gasteiger partial charge in [-0.05, 0) is 6.42 Å². The van der Waals surface area contributed by atoms with E-state index in [1.807, 2.05) is 12.2 Å². The predicted molar refractivity (Wildman–Crippen MR) is 42.3 cm³/mol. The molecule has 0 amide bonds. The van der Waals surface area contributed by atoms with Gasteiger partial charge in [-0.15, -0.1) is 0 Å². The summed E-state index contributed by atoms with van der Waals surface area (Å²) < 4.78 is 5.13. The summed E-state index contributed by atoms with van der Waals surface area (Å²) in [5, 5.41) is 10.7. The third-order valence-corrected chi connectivity index (χ3v) is 2.86. The first kappa shape index (κ1) is 7.73. The minimum absolute atomic E-state index is 0.106. The number of rotatable bonds is 2. The Hall–Kier alpha value is -0.900. The summed E-state index contributed by atoms with van der Waals surface area (Å²) in [5.41, 5.74) is 0. The highest BCUT2D eigenvalue weighted by Crippen LogP contribution is 2.41. The van der Waals surface area contributed by atoms with Gasteiger partial charge in [-0.3, -0.25) is 10.1 Å². The van der Waals surface area contributed by atoms with Crippen LogP contribution in [0.5, 0.6) is 0 Å². The van der Waals surface area contributed by atoms with E-state index in [9.17, 15) is 10.1 Å². The van der Waals surface area contributed by atoms with Crippen LogP contribution in [-0.4, -0.2) is 24.2 Å². The van der Waals surface area contributed by atoms with E-state index in [4.69, 9.17) is 4.74 Å². The van der Waals surface area contributed by atoms with Gasteiger partial charge in [0.05, 0.1) is 0 Å². The van der Waals surface area contributed by atoms with Crippen molar-refractivity contribution in [2.45, 2.75) is 18.6 Å². The molecule has 1 saturated carbocycles. The molecule has 12 heavy (non-hydrogen) atoms. The fourth-order valence-electron chi connectivity index (χ4n) is 2.34. The maximum atomic E-state index is 10.7. The van der Waals surface area contributed by atoms with Crippen molar-refractivity contribution < 1.29 is 9.66 Å². The van der Waals surface area contributed by atoms with Gasteiger partial charge in [0.2, 0.25) is 6.04 Å². The Morgan fingerprint density at radius 3 is 2.67 bits per heavy atom. The van der Waals surface area contributed by atoms with Crippen molar-refractivity contribution in [3.8, 4) is 0 Å². The largest absolute Gasteiger partial charge is 0.374 e. The maximum absolute atomic E-state index is 10.7. The van der Waals surface area contributed by atoms with Crippen LogP contribution in [0.2, 0.25) is 0 Å². The summed E-state index contributed by atoms with van der Waals surface area (Å²) >= 11 is 0. The summed E-state index contributed by atoms with van der Waals surface area (Å²) in [6, 6.07) is -0.509. The Morgan fingerprint density at radius 2 is 2.17 bits per heavy atom. The average molecular weight is 169 g/mol. The minimum Gasteiger partial charge on any atom is -0.374 e. The highest BCUT2D eigenvalue weighted by Gasteiger charge is 2.52. The second-order valence-corrected chi connectivity index (χ2v) is 3.42. The zero-order chi connectivity index (χ0) is 8.72. The highest BCUT2D eigenvalue weighted by molar-refractivity contribution is 5.15. The topological polar surface area (TPSA) is 52.4 Å². The van der Waals surface area contributed by atoms with Crippen LogP contribution < -0.4 is 0 Å². The quantitative estimate of drug-likeness (QED) is 0.350. The van der Waals surface area contributed by atoms with E-state index in [2.05, 4.69) is 0 Å². The smallest absolute Gasteiger partial charge is 0.245 e. The minimum atomic E-state index is -0.509. The summed E-state index contributed by atoms with van der Waals surface area (Å²) in [6.45, 7) is 0. The molecule has 2 aliphatic rings. The molecule has 1 fully saturated rings. The second-order valence-electron chi connectivity index (χ2n) is 3.42. The molecule has 0 saturated heterocycles. The van der Waals surface area contributed by atoms with Gasteiger partial charge in [0.15, 0.2) is 0 Å². The SMILES string of the molecule is CO[C@H]1[C@@H]([N+](=O)[O-])[C@H]2C=C[C@H]1C2. The molecular weight excluding hydrogens is 158 g/mol. The predicted octanol–water partition coefficient (Wildman–Crippen LogP) is 0.853. The zero-order valence-corrected chi connectivity index (χ0v) is 6.84. The molecule has 0 aromatic carbocycles. The fraction of sp³-hybridized carbons (Fsp3) is 0.750. The van der Waals surface area contributed by atoms with Crippen LogP contribution >= 0.6 is 0 Å². The van der Waals surface area contributed by atoms with Crippen molar-refractivity contribution >= 4 is 0 Å². The number of methoxy groups -OCH3 is 1. The average Bonchev–Trinajstić information content (AvgIpc) is 2.60. The van der Waals surface area contributed by atoms with E-state index in [1.165, 1.54) is 0 Å². The zero-order valence-electron chi connectivity index (χ0n) is 6.84. The van der Waals surface area contributed by atoms with Gasteiger partial charge in [0.1, 0.15) is 6.10 Å². The summed E-state index contributed by atoms with van der Waals surface area (Å²) in [6.07, 6.45) is 4.69. The maximum Gasteiger partial charge on any atom is 0.245 e. The Bertz CT molecular complexity index is 238. The lowest BCUT2D eigenvalue weighted by molar-refractivity contribution is -0.538. The number of nitro groups is 1. The third-order valence-electron chi connectivity index (χ3n) is 2.86. The van der Waals surface area contributed by atoms with Crippen LogP contribution in [0, 0.1) is 22.0 Å². The molecule has 4 heteroatoms. The molecule has 0 aliphatic heterocycles. The van der Waals surface area contributed by atoms with Gasteiger partial charge in [-0.25, -0.2) is 0 Å². The van der Waals surface area contributed by atoms with Crippen LogP contribution in [0.3, 0.4) is 0 Å². The van der Waals surface area contributed by atoms with Crippen LogP contribution in [0.4, 0.5) is 0 Å². The molecule has 0 unspecified atom stereocenters. The van der Waals surface area contributed by atoms with Gasteiger partial charge in [-0.1, -0.05) is 12.2 Å². The molecule has 4 atom stereocenters. The van der Waals surface area contributed by atoms with E-state index in [0.29, 0.717) is 0 Å². The lowest BCUT2D eigenvalue weighted by Gasteiger charge is -2.19. The van der Waals surface area contributed by atoms with E-state index in [0.717, 1.165) is 6.42 Å². The van der Waals surface area contributed by atoms with E-state index < -0.39 is 6.04 Å². The molecule has 2 rings (SSSR count). The lowest BCUT2D eigenvalue weighted by Crippen LogP contribution is -2.38. The third kappa shape index (κ3) is 0.876. The first-order valence-electron chi connectivity index (χ1n) is 4.08. The summed E-state index contributed by atoms with van der Waals surface area (Å²) in [7, 11) is 1.55. The van der Waals surface area contributed by atoms with Crippen molar-refractivity contribution in [1.29, 1.82) is 0 Å². The van der Waals surface area contributed by atoms with E-state index >= 15 is 0 Å². The normalized spacial score (nSPS) is 43.8. The Morgan fingerprint density at radius 1 is 1.50 bits per heavy atom. The Balaban J connectivity index is 2.23. The van der Waals surface area contributed by atoms with Crippen molar-refractivity contribution in [3.05, 3.63) is 22.3 Å². The lowest BCUT2D eigenvalue weighted by atomic mass is 9.99. The highest BCUT2D eigenvalue weighted by atomic mass is 16.6. The molecule has 0 radical (unpaired) electrons. The number of ether oxygens (including phenoxy) is 1. The molecule has 0 aromatic rings. The van der Waals surface area contributed by atoms with E-state index in [-0.39, 0.29) is 22.9 Å². The molecule has 2 aliphatic carbocycles. The second kappa shape index (κ2) is 2.55. The molecule has 0 spiro atoms. The van der Waals surface area contributed by atoms with Gasteiger partial charge in [0, 0.05) is 23.9 Å². The molecule has 4 nitrogen and oxygen atoms in total. The van der Waals surface area contributed by atoms with Crippen molar-refractivity contribution in [3.63, 3.8) is 0 Å². The fourth-order valence-corrected chi connectivity index (χ4v) is 2.34. The number of nitrogens with zero attached hydrogens (tertiary/aromatic N) is 1. The van der Waals surface area contributed by atoms with Gasteiger partial charge in [-0.2, -0.15) is 0 Å². The molecular formula is C8H11NO3. The molecule has 0 N–H and O–H groups in total. The molecule has 0 aromatic heterocycles. The molecule has 66 valence electrons. The van der Waals surface area contributed by atoms with Gasteiger partial charge >= 0.3 is 0 Å². The van der Waals surface area contributed by atoms with Crippen LogP contribution in [0.15, 0.2) is 12.2 Å². The number of hydrogen-bond donors (Lipinski definition) is 0. The van der Waals surface area contributed by atoms with Crippen molar-refractivity contribution in [2.75, 3.05) is 7.11 Å². The first-order valence-corrected chi connectivity index (χ1v) is 4.08. The van der Waals surface area contributed by atoms with Gasteiger partial charge in [0.25, 0.3) is 0 Å². The molecule has 2 bridgehead atoms. The van der Waals surface area contributed by atoms with Crippen molar-refractivity contribution in [1.82, 2.24) is 0 Å². The summed E-state index contributed by atoms with van der Waals surface area (Å²) in [5.74, 6) is 0.380. The van der Waals surface area contributed by atoms with Crippen LogP contribution in [0.1, 0.15) is 6.42 Å². The summed E-state index contributed by atoms with van der Waals surface area (Å²) in [4.78, 5) is 10.4. The van der Waals surface area contributed by atoms with Gasteiger partial charge < -0.3 is 4.74 Å². The standard InChI is InChI=1S/C8H11NO3/c1-12-8-6-3-2-5(4-6)7(8)9(10)11/h2-3,5-8H,4H2,1H3/t5-,6-,7-,8+/m0/s1. The van der Waals surface area contributed by atoms with Crippen LogP contribution in [0.25, 0.3) is 0 Å². The number of fused-ring (bicyclic) bond motifs is 2. The molecule has 0 heterocycles. The monoisotopic (exact) mass is 169 g/mol.